The minimum absolute atomic E-state index is 0.0851. The van der Waals surface area contributed by atoms with E-state index in [0.29, 0.717) is 34.6 Å². The normalized spacial score (nSPS) is 11.2. The van der Waals surface area contributed by atoms with Crippen molar-refractivity contribution < 1.29 is 22.6 Å². The van der Waals surface area contributed by atoms with Gasteiger partial charge in [0.1, 0.15) is 22.1 Å². The first-order valence-electron chi connectivity index (χ1n) is 10.2. The quantitative estimate of drug-likeness (QED) is 0.404. The number of fused-ring (bicyclic) bond motifs is 1. The summed E-state index contributed by atoms with van der Waals surface area (Å²) in [6, 6.07) is 19.2. The summed E-state index contributed by atoms with van der Waals surface area (Å²) in [5.74, 6) is 1.93. The highest BCUT2D eigenvalue weighted by atomic mass is 32.2. The van der Waals surface area contributed by atoms with E-state index in [2.05, 4.69) is 10.3 Å². The summed E-state index contributed by atoms with van der Waals surface area (Å²) in [6.45, 7) is 0.408. The Morgan fingerprint density at radius 1 is 0.788 bits per heavy atom. The zero-order valence-corrected chi connectivity index (χ0v) is 19.3. The molecule has 4 rings (SSSR count). The molecule has 33 heavy (non-hydrogen) atoms. The Labute approximate surface area is 192 Å². The van der Waals surface area contributed by atoms with Crippen LogP contribution in [-0.4, -0.2) is 34.7 Å². The van der Waals surface area contributed by atoms with Gasteiger partial charge < -0.3 is 19.5 Å². The van der Waals surface area contributed by atoms with Crippen molar-refractivity contribution in [2.24, 2.45) is 0 Å². The Balaban J connectivity index is 1.82. The fourth-order valence-corrected chi connectivity index (χ4v) is 4.87. The Kier molecular flexibility index (Phi) is 6.37. The average molecular weight is 465 g/mol. The Morgan fingerprint density at radius 3 is 1.97 bits per heavy atom. The molecule has 0 unspecified atom stereocenters. The topological polar surface area (TPSA) is 86.8 Å². The number of anilines is 1. The van der Waals surface area contributed by atoms with Gasteiger partial charge in [-0.2, -0.15) is 0 Å². The Bertz CT molecular complexity index is 1370. The third kappa shape index (κ3) is 4.56. The number of methoxy groups -OCH3 is 3. The van der Waals surface area contributed by atoms with Crippen LogP contribution in [0.2, 0.25) is 0 Å². The molecule has 0 aliphatic heterocycles. The van der Waals surface area contributed by atoms with Crippen LogP contribution >= 0.6 is 0 Å². The lowest BCUT2D eigenvalue weighted by molar-refractivity contribution is 0.414. The second-order valence-electron chi connectivity index (χ2n) is 7.26. The Morgan fingerprint density at radius 2 is 1.36 bits per heavy atom. The highest BCUT2D eigenvalue weighted by Gasteiger charge is 2.24. The van der Waals surface area contributed by atoms with Crippen molar-refractivity contribution in [2.45, 2.75) is 16.3 Å². The molecule has 0 aliphatic carbocycles. The van der Waals surface area contributed by atoms with Gasteiger partial charge in [-0.15, -0.1) is 0 Å². The van der Waals surface area contributed by atoms with E-state index >= 15 is 0 Å². The molecule has 1 N–H and O–H groups in total. The van der Waals surface area contributed by atoms with E-state index in [-0.39, 0.29) is 9.79 Å². The van der Waals surface area contributed by atoms with Crippen LogP contribution in [0.25, 0.3) is 10.9 Å². The monoisotopic (exact) mass is 464 g/mol. The van der Waals surface area contributed by atoms with Gasteiger partial charge in [0.15, 0.2) is 0 Å². The number of nitrogens with one attached hydrogen (secondary N) is 1. The molecular weight excluding hydrogens is 440 g/mol. The highest BCUT2D eigenvalue weighted by Crippen LogP contribution is 2.35. The predicted molar refractivity (Wildman–Crippen MR) is 127 cm³/mol. The fraction of sp³-hybridized carbons (Fsp3) is 0.160. The smallest absolute Gasteiger partial charge is 0.210 e. The molecule has 0 fully saturated rings. The molecule has 8 heteroatoms. The van der Waals surface area contributed by atoms with Gasteiger partial charge >= 0.3 is 0 Å². The van der Waals surface area contributed by atoms with E-state index in [4.69, 9.17) is 14.2 Å². The first kappa shape index (κ1) is 22.4. The number of hydrogen-bond acceptors (Lipinski definition) is 7. The lowest BCUT2D eigenvalue weighted by Gasteiger charge is -2.16. The molecule has 0 spiro atoms. The molecule has 0 amide bonds. The summed E-state index contributed by atoms with van der Waals surface area (Å²) < 4.78 is 42.9. The number of rotatable bonds is 8. The van der Waals surface area contributed by atoms with E-state index < -0.39 is 9.84 Å². The summed E-state index contributed by atoms with van der Waals surface area (Å²) in [5, 5.41) is 3.97. The van der Waals surface area contributed by atoms with Crippen LogP contribution in [0.5, 0.6) is 17.2 Å². The molecule has 170 valence electrons. The van der Waals surface area contributed by atoms with Crippen LogP contribution in [0.1, 0.15) is 5.56 Å². The van der Waals surface area contributed by atoms with E-state index in [1.165, 1.54) is 25.4 Å². The number of hydrogen-bond donors (Lipinski definition) is 1. The van der Waals surface area contributed by atoms with Gasteiger partial charge in [-0.05, 0) is 60.2 Å². The molecule has 7 nitrogen and oxygen atoms in total. The van der Waals surface area contributed by atoms with Gasteiger partial charge in [0.05, 0.1) is 37.4 Å². The van der Waals surface area contributed by atoms with Crippen molar-refractivity contribution in [3.05, 3.63) is 78.5 Å². The molecule has 1 aromatic heterocycles. The molecular formula is C25H24N2O5S. The van der Waals surface area contributed by atoms with Gasteiger partial charge in [-0.3, -0.25) is 4.98 Å². The number of ether oxygens (including phenoxy) is 3. The van der Waals surface area contributed by atoms with Gasteiger partial charge in [-0.25, -0.2) is 8.42 Å². The summed E-state index contributed by atoms with van der Waals surface area (Å²) in [7, 11) is 0.849. The van der Waals surface area contributed by atoms with Crippen molar-refractivity contribution in [3.63, 3.8) is 0 Å². The van der Waals surface area contributed by atoms with Gasteiger partial charge in [-0.1, -0.05) is 12.1 Å². The highest BCUT2D eigenvalue weighted by molar-refractivity contribution is 7.91. The summed E-state index contributed by atoms with van der Waals surface area (Å²) in [6.07, 6.45) is 1.39. The van der Waals surface area contributed by atoms with Crippen molar-refractivity contribution in [2.75, 3.05) is 26.6 Å². The van der Waals surface area contributed by atoms with Crippen LogP contribution in [-0.2, 0) is 16.4 Å². The van der Waals surface area contributed by atoms with Crippen molar-refractivity contribution in [1.29, 1.82) is 0 Å². The van der Waals surface area contributed by atoms with Crippen LogP contribution in [0.15, 0.2) is 82.7 Å². The lowest BCUT2D eigenvalue weighted by Crippen LogP contribution is -2.10. The molecule has 3 aromatic carbocycles. The van der Waals surface area contributed by atoms with Crippen molar-refractivity contribution in [3.8, 4) is 17.2 Å². The number of nitrogens with zero attached hydrogens (tertiary/aromatic N) is 1. The predicted octanol–water partition coefficient (Wildman–Crippen LogP) is 4.71. The number of sulfone groups is 1. The first-order chi connectivity index (χ1) is 16.0. The van der Waals surface area contributed by atoms with Crippen LogP contribution in [0.3, 0.4) is 0 Å². The van der Waals surface area contributed by atoms with E-state index in [9.17, 15) is 8.42 Å². The molecule has 4 aromatic rings. The summed E-state index contributed by atoms with van der Waals surface area (Å²) in [5.41, 5.74) is 2.09. The number of aromatic nitrogens is 1. The average Bonchev–Trinajstić information content (AvgIpc) is 2.87. The minimum Gasteiger partial charge on any atom is -0.497 e. The maximum absolute atomic E-state index is 13.6. The molecule has 1 heterocycles. The van der Waals surface area contributed by atoms with Gasteiger partial charge in [0, 0.05) is 18.1 Å². The van der Waals surface area contributed by atoms with Gasteiger partial charge in [0.2, 0.25) is 9.84 Å². The third-order valence-corrected chi connectivity index (χ3v) is 7.11. The van der Waals surface area contributed by atoms with Crippen LogP contribution < -0.4 is 19.5 Å². The minimum atomic E-state index is -3.86. The van der Waals surface area contributed by atoms with E-state index in [0.717, 1.165) is 11.3 Å². The molecule has 0 bridgehead atoms. The zero-order chi connectivity index (χ0) is 23.4. The number of benzene rings is 3. The molecule has 0 saturated heterocycles. The maximum atomic E-state index is 13.6. The summed E-state index contributed by atoms with van der Waals surface area (Å²) >= 11 is 0. The molecule has 0 atom stereocenters. The second kappa shape index (κ2) is 9.38. The fourth-order valence-electron chi connectivity index (χ4n) is 3.48. The molecule has 0 aliphatic rings. The summed E-state index contributed by atoms with van der Waals surface area (Å²) in [4.78, 5) is 4.64. The van der Waals surface area contributed by atoms with Crippen molar-refractivity contribution >= 4 is 26.4 Å². The van der Waals surface area contributed by atoms with Crippen LogP contribution in [0.4, 0.5) is 5.69 Å². The van der Waals surface area contributed by atoms with Crippen molar-refractivity contribution in [1.82, 2.24) is 4.98 Å². The van der Waals surface area contributed by atoms with E-state index in [1.54, 1.807) is 44.6 Å². The van der Waals surface area contributed by atoms with Crippen LogP contribution in [0, 0.1) is 0 Å². The first-order valence-corrected chi connectivity index (χ1v) is 11.7. The number of pyridine rings is 1. The molecule has 0 radical (unpaired) electrons. The standard InChI is InChI=1S/C25H24N2O5S/c1-30-18-6-4-17(5-7-18)15-27-25-22-14-20(32-3)10-13-23(22)26-16-24(25)33(28,29)21-11-8-19(31-2)9-12-21/h4-14,16H,15H2,1-3H3,(H,26,27). The SMILES string of the molecule is COc1ccc(CNc2c(S(=O)(=O)c3ccc(OC)cc3)cnc3ccc(OC)cc23)cc1. The second-order valence-corrected chi connectivity index (χ2v) is 9.18. The largest absolute Gasteiger partial charge is 0.497 e. The molecule has 0 saturated carbocycles. The zero-order valence-electron chi connectivity index (χ0n) is 18.5. The third-order valence-electron chi connectivity index (χ3n) is 5.33. The van der Waals surface area contributed by atoms with Gasteiger partial charge in [0.25, 0.3) is 0 Å². The van der Waals surface area contributed by atoms with E-state index in [1.807, 2.05) is 24.3 Å². The lowest BCUT2D eigenvalue weighted by atomic mass is 10.1. The Hall–Kier alpha value is -3.78. The maximum Gasteiger partial charge on any atom is 0.210 e.